The number of carbonyl (C=O) groups excluding carboxylic acids is 2. The van der Waals surface area contributed by atoms with Crippen LogP contribution in [0.2, 0.25) is 0 Å². The Hall–Kier alpha value is -1.10. The average molecular weight is 241 g/mol. The van der Waals surface area contributed by atoms with Crippen LogP contribution in [0.25, 0.3) is 0 Å². The van der Waals surface area contributed by atoms with Crippen molar-refractivity contribution in [1.82, 2.24) is 15.5 Å². The predicted octanol–water partition coefficient (Wildman–Crippen LogP) is 0.112. The van der Waals surface area contributed by atoms with E-state index in [1.54, 1.807) is 11.9 Å². The molecule has 0 aliphatic heterocycles. The largest absolute Gasteiger partial charge is 0.353 e. The first kappa shape index (κ1) is 14.0. The van der Waals surface area contributed by atoms with E-state index < -0.39 is 0 Å². The van der Waals surface area contributed by atoms with E-state index in [1.165, 1.54) is 0 Å². The number of amides is 2. The molecular formula is C12H23N3O2. The highest BCUT2D eigenvalue weighted by atomic mass is 16.2. The van der Waals surface area contributed by atoms with Gasteiger partial charge in [-0.15, -0.1) is 0 Å². The van der Waals surface area contributed by atoms with Gasteiger partial charge in [0.1, 0.15) is 0 Å². The predicted molar refractivity (Wildman–Crippen MR) is 66.6 cm³/mol. The van der Waals surface area contributed by atoms with Crippen molar-refractivity contribution >= 4 is 11.8 Å². The van der Waals surface area contributed by atoms with E-state index in [1.807, 2.05) is 13.8 Å². The second kappa shape index (κ2) is 6.59. The Bertz CT molecular complexity index is 275. The van der Waals surface area contributed by atoms with E-state index in [-0.39, 0.29) is 17.9 Å². The van der Waals surface area contributed by atoms with Gasteiger partial charge in [0.15, 0.2) is 0 Å². The first-order valence-corrected chi connectivity index (χ1v) is 6.26. The average Bonchev–Trinajstić information content (AvgIpc) is 3.06. The number of carbonyl (C=O) groups is 2. The minimum atomic E-state index is 0.0580. The summed E-state index contributed by atoms with van der Waals surface area (Å²) >= 11 is 0. The molecule has 1 saturated carbocycles. The summed E-state index contributed by atoms with van der Waals surface area (Å²) in [6.45, 7) is 4.80. The highest BCUT2D eigenvalue weighted by Gasteiger charge is 2.22. The van der Waals surface area contributed by atoms with Gasteiger partial charge < -0.3 is 15.5 Å². The first-order chi connectivity index (χ1) is 8.00. The number of likely N-dealkylation sites (N-methyl/N-ethyl adjacent to an activating group) is 1. The molecule has 1 rings (SSSR count). The van der Waals surface area contributed by atoms with Crippen molar-refractivity contribution in [1.29, 1.82) is 0 Å². The van der Waals surface area contributed by atoms with Crippen molar-refractivity contribution in [3.8, 4) is 0 Å². The number of nitrogens with zero attached hydrogens (tertiary/aromatic N) is 1. The van der Waals surface area contributed by atoms with Gasteiger partial charge in [-0.1, -0.05) is 0 Å². The molecule has 0 spiro atoms. The van der Waals surface area contributed by atoms with Crippen LogP contribution in [0.5, 0.6) is 0 Å². The van der Waals surface area contributed by atoms with Crippen LogP contribution in [0.4, 0.5) is 0 Å². The van der Waals surface area contributed by atoms with E-state index in [4.69, 9.17) is 0 Å². The van der Waals surface area contributed by atoms with Gasteiger partial charge >= 0.3 is 0 Å². The molecule has 98 valence electrons. The van der Waals surface area contributed by atoms with Gasteiger partial charge in [-0.2, -0.15) is 0 Å². The molecule has 0 bridgehead atoms. The van der Waals surface area contributed by atoms with Crippen LogP contribution in [-0.2, 0) is 9.59 Å². The number of hydrogen-bond acceptors (Lipinski definition) is 3. The summed E-state index contributed by atoms with van der Waals surface area (Å²) in [4.78, 5) is 24.6. The Morgan fingerprint density at radius 3 is 2.53 bits per heavy atom. The summed E-state index contributed by atoms with van der Waals surface area (Å²) in [7, 11) is 1.79. The Morgan fingerprint density at radius 1 is 1.35 bits per heavy atom. The lowest BCUT2D eigenvalue weighted by Crippen LogP contribution is -2.40. The minimum Gasteiger partial charge on any atom is -0.353 e. The molecule has 0 atom stereocenters. The molecule has 0 aromatic rings. The highest BCUT2D eigenvalue weighted by Crippen LogP contribution is 2.18. The van der Waals surface area contributed by atoms with Crippen LogP contribution >= 0.6 is 0 Å². The van der Waals surface area contributed by atoms with Crippen LogP contribution < -0.4 is 10.6 Å². The number of nitrogens with one attached hydrogen (secondary N) is 2. The van der Waals surface area contributed by atoms with Crippen molar-refractivity contribution < 1.29 is 9.59 Å². The zero-order chi connectivity index (χ0) is 12.8. The molecule has 0 radical (unpaired) electrons. The normalized spacial score (nSPS) is 14.8. The van der Waals surface area contributed by atoms with E-state index in [9.17, 15) is 9.59 Å². The molecule has 5 nitrogen and oxygen atoms in total. The third-order valence-corrected chi connectivity index (χ3v) is 2.92. The molecule has 17 heavy (non-hydrogen) atoms. The second-order valence-electron chi connectivity index (χ2n) is 4.87. The van der Waals surface area contributed by atoms with Crippen LogP contribution in [0.15, 0.2) is 0 Å². The molecule has 0 aromatic heterocycles. The maximum atomic E-state index is 11.6. The monoisotopic (exact) mass is 241 g/mol. The fourth-order valence-electron chi connectivity index (χ4n) is 1.34. The van der Waals surface area contributed by atoms with E-state index in [2.05, 4.69) is 10.6 Å². The highest BCUT2D eigenvalue weighted by molar-refractivity contribution is 5.79. The summed E-state index contributed by atoms with van der Waals surface area (Å²) in [5.74, 6) is 0.132. The quantitative estimate of drug-likeness (QED) is 0.622. The van der Waals surface area contributed by atoms with Gasteiger partial charge in [-0.05, 0) is 26.7 Å². The van der Waals surface area contributed by atoms with E-state index >= 15 is 0 Å². The summed E-state index contributed by atoms with van der Waals surface area (Å²) < 4.78 is 0. The third-order valence-electron chi connectivity index (χ3n) is 2.92. The molecule has 2 amide bonds. The Labute approximate surface area is 103 Å². The molecule has 0 heterocycles. The Kier molecular flexibility index (Phi) is 5.41. The fourth-order valence-corrected chi connectivity index (χ4v) is 1.34. The van der Waals surface area contributed by atoms with Crippen molar-refractivity contribution in [2.24, 2.45) is 0 Å². The van der Waals surface area contributed by atoms with Gasteiger partial charge in [0.2, 0.25) is 11.8 Å². The van der Waals surface area contributed by atoms with Crippen LogP contribution in [0, 0.1) is 0 Å². The van der Waals surface area contributed by atoms with Crippen molar-refractivity contribution in [3.63, 3.8) is 0 Å². The summed E-state index contributed by atoms with van der Waals surface area (Å²) in [6, 6.07) is 0.624. The topological polar surface area (TPSA) is 61.4 Å². The zero-order valence-electron chi connectivity index (χ0n) is 11.0. The van der Waals surface area contributed by atoms with Crippen LogP contribution in [0.3, 0.4) is 0 Å². The Balaban J connectivity index is 2.02. The molecule has 2 N–H and O–H groups in total. The second-order valence-corrected chi connectivity index (χ2v) is 4.87. The van der Waals surface area contributed by atoms with Gasteiger partial charge in [-0.3, -0.25) is 9.59 Å². The van der Waals surface area contributed by atoms with Crippen LogP contribution in [0.1, 0.15) is 33.1 Å². The smallest absolute Gasteiger partial charge is 0.236 e. The Morgan fingerprint density at radius 2 is 2.00 bits per heavy atom. The lowest BCUT2D eigenvalue weighted by atomic mass is 10.3. The third kappa shape index (κ3) is 5.68. The molecule has 1 fully saturated rings. The molecule has 1 aliphatic carbocycles. The number of hydrogen-bond donors (Lipinski definition) is 2. The summed E-state index contributed by atoms with van der Waals surface area (Å²) in [5.41, 5.74) is 0. The lowest BCUT2D eigenvalue weighted by Gasteiger charge is -2.21. The maximum Gasteiger partial charge on any atom is 0.236 e. The minimum absolute atomic E-state index is 0.0580. The van der Waals surface area contributed by atoms with E-state index in [0.29, 0.717) is 25.6 Å². The molecule has 0 aromatic carbocycles. The van der Waals surface area contributed by atoms with Crippen molar-refractivity contribution in [3.05, 3.63) is 0 Å². The van der Waals surface area contributed by atoms with Crippen molar-refractivity contribution in [2.75, 3.05) is 20.1 Å². The fraction of sp³-hybridized carbons (Fsp3) is 0.833. The van der Waals surface area contributed by atoms with Gasteiger partial charge in [-0.25, -0.2) is 0 Å². The molecular weight excluding hydrogens is 218 g/mol. The molecule has 0 unspecified atom stereocenters. The maximum absolute atomic E-state index is 11.6. The van der Waals surface area contributed by atoms with Crippen LogP contribution in [-0.4, -0.2) is 48.9 Å². The molecule has 5 heteroatoms. The van der Waals surface area contributed by atoms with E-state index in [0.717, 1.165) is 12.8 Å². The zero-order valence-corrected chi connectivity index (χ0v) is 11.0. The first-order valence-electron chi connectivity index (χ1n) is 6.26. The lowest BCUT2D eigenvalue weighted by molar-refractivity contribution is -0.130. The van der Waals surface area contributed by atoms with Crippen molar-refractivity contribution in [2.45, 2.75) is 45.2 Å². The van der Waals surface area contributed by atoms with Gasteiger partial charge in [0.25, 0.3) is 0 Å². The SMILES string of the molecule is CC(C)N(C)C(=O)CNCCC(=O)NC1CC1. The molecule has 1 aliphatic rings. The van der Waals surface area contributed by atoms with Gasteiger partial charge in [0, 0.05) is 32.1 Å². The summed E-state index contributed by atoms with van der Waals surface area (Å²) in [5, 5.41) is 5.90. The molecule has 0 saturated heterocycles. The standard InChI is InChI=1S/C12H23N3O2/c1-9(2)15(3)12(17)8-13-7-6-11(16)14-10-4-5-10/h9-10,13H,4-8H2,1-3H3,(H,14,16). The number of rotatable bonds is 7. The summed E-state index contributed by atoms with van der Waals surface area (Å²) in [6.07, 6.45) is 2.66. The van der Waals surface area contributed by atoms with Gasteiger partial charge in [0.05, 0.1) is 6.54 Å².